The lowest BCUT2D eigenvalue weighted by atomic mass is 10.1. The summed E-state index contributed by atoms with van der Waals surface area (Å²) in [6, 6.07) is 10.6. The molecular weight excluding hydrogens is 192 g/mol. The Balaban J connectivity index is 2.61. The molecule has 2 aromatic rings. The van der Waals surface area contributed by atoms with Gasteiger partial charge in [-0.25, -0.2) is 4.79 Å². The van der Waals surface area contributed by atoms with Gasteiger partial charge in [0.15, 0.2) is 0 Å². The van der Waals surface area contributed by atoms with Gasteiger partial charge in [0.05, 0.1) is 5.56 Å². The SMILES string of the molecule is Cc1c(O)cc(-c2ccccc2)oc1=O. The van der Waals surface area contributed by atoms with E-state index in [2.05, 4.69) is 0 Å². The van der Waals surface area contributed by atoms with Crippen molar-refractivity contribution >= 4 is 0 Å². The molecule has 1 aromatic carbocycles. The van der Waals surface area contributed by atoms with Gasteiger partial charge in [-0.15, -0.1) is 0 Å². The average Bonchev–Trinajstić information content (AvgIpc) is 2.26. The highest BCUT2D eigenvalue weighted by Gasteiger charge is 2.07. The maximum absolute atomic E-state index is 11.3. The predicted molar refractivity (Wildman–Crippen MR) is 56.8 cm³/mol. The van der Waals surface area contributed by atoms with Crippen LogP contribution in [-0.4, -0.2) is 5.11 Å². The van der Waals surface area contributed by atoms with E-state index in [0.717, 1.165) is 5.56 Å². The third-order valence-corrected chi connectivity index (χ3v) is 2.22. The largest absolute Gasteiger partial charge is 0.507 e. The first-order chi connectivity index (χ1) is 7.18. The van der Waals surface area contributed by atoms with Gasteiger partial charge in [0.2, 0.25) is 0 Å². The smallest absolute Gasteiger partial charge is 0.342 e. The van der Waals surface area contributed by atoms with Crippen molar-refractivity contribution in [3.8, 4) is 17.1 Å². The number of hydrogen-bond acceptors (Lipinski definition) is 3. The van der Waals surface area contributed by atoms with E-state index in [0.29, 0.717) is 5.76 Å². The lowest BCUT2D eigenvalue weighted by Crippen LogP contribution is -2.03. The first-order valence-electron chi connectivity index (χ1n) is 4.57. The molecule has 1 N–H and O–H groups in total. The highest BCUT2D eigenvalue weighted by atomic mass is 16.4. The fourth-order valence-electron chi connectivity index (χ4n) is 1.29. The van der Waals surface area contributed by atoms with E-state index in [-0.39, 0.29) is 11.3 Å². The maximum Gasteiger partial charge on any atom is 0.342 e. The zero-order valence-corrected chi connectivity index (χ0v) is 8.23. The summed E-state index contributed by atoms with van der Waals surface area (Å²) in [4.78, 5) is 11.3. The minimum absolute atomic E-state index is 0.0369. The van der Waals surface area contributed by atoms with Crippen molar-refractivity contribution in [2.24, 2.45) is 0 Å². The summed E-state index contributed by atoms with van der Waals surface area (Å²) >= 11 is 0. The molecule has 1 heterocycles. The second-order valence-corrected chi connectivity index (χ2v) is 3.27. The number of aromatic hydroxyl groups is 1. The molecule has 0 aliphatic rings. The highest BCUT2D eigenvalue weighted by Crippen LogP contribution is 2.22. The molecule has 0 fully saturated rings. The van der Waals surface area contributed by atoms with Gasteiger partial charge in [0, 0.05) is 11.6 Å². The lowest BCUT2D eigenvalue weighted by Gasteiger charge is -2.01. The van der Waals surface area contributed by atoms with Gasteiger partial charge < -0.3 is 9.52 Å². The third kappa shape index (κ3) is 1.76. The zero-order valence-electron chi connectivity index (χ0n) is 8.23. The van der Waals surface area contributed by atoms with E-state index in [9.17, 15) is 9.90 Å². The Morgan fingerprint density at radius 1 is 1.20 bits per heavy atom. The minimum Gasteiger partial charge on any atom is -0.507 e. The van der Waals surface area contributed by atoms with Crippen LogP contribution in [0.15, 0.2) is 45.6 Å². The van der Waals surface area contributed by atoms with Crippen LogP contribution in [0.2, 0.25) is 0 Å². The summed E-state index contributed by atoms with van der Waals surface area (Å²) in [5.41, 5.74) is 0.494. The molecule has 76 valence electrons. The van der Waals surface area contributed by atoms with Gasteiger partial charge in [0.1, 0.15) is 11.5 Å². The molecule has 0 amide bonds. The van der Waals surface area contributed by atoms with Crippen LogP contribution in [0, 0.1) is 6.92 Å². The Bertz CT molecular complexity index is 526. The molecular formula is C12H10O3. The highest BCUT2D eigenvalue weighted by molar-refractivity contribution is 5.58. The summed E-state index contributed by atoms with van der Waals surface area (Å²) in [6.45, 7) is 1.52. The lowest BCUT2D eigenvalue weighted by molar-refractivity contribution is 0.445. The molecule has 0 spiro atoms. The summed E-state index contributed by atoms with van der Waals surface area (Å²) < 4.78 is 5.06. The molecule has 0 atom stereocenters. The molecule has 3 heteroatoms. The summed E-state index contributed by atoms with van der Waals surface area (Å²) in [5.74, 6) is 0.341. The molecule has 0 saturated heterocycles. The topological polar surface area (TPSA) is 50.4 Å². The van der Waals surface area contributed by atoms with Gasteiger partial charge in [-0.2, -0.15) is 0 Å². The van der Waals surface area contributed by atoms with Crippen LogP contribution in [0.5, 0.6) is 5.75 Å². The quantitative estimate of drug-likeness (QED) is 0.772. The van der Waals surface area contributed by atoms with E-state index in [4.69, 9.17) is 4.42 Å². The van der Waals surface area contributed by atoms with E-state index in [1.165, 1.54) is 13.0 Å². The Labute approximate surface area is 86.6 Å². The Kier molecular flexibility index (Phi) is 2.29. The van der Waals surface area contributed by atoms with Gasteiger partial charge >= 0.3 is 5.63 Å². The van der Waals surface area contributed by atoms with Crippen molar-refractivity contribution in [2.45, 2.75) is 6.92 Å². The molecule has 0 aliphatic carbocycles. The van der Waals surface area contributed by atoms with Crippen molar-refractivity contribution in [3.05, 3.63) is 52.4 Å². The van der Waals surface area contributed by atoms with Gasteiger partial charge in [-0.3, -0.25) is 0 Å². The van der Waals surface area contributed by atoms with Crippen molar-refractivity contribution in [1.29, 1.82) is 0 Å². The van der Waals surface area contributed by atoms with E-state index in [1.807, 2.05) is 30.3 Å². The molecule has 0 bridgehead atoms. The van der Waals surface area contributed by atoms with Crippen LogP contribution >= 0.6 is 0 Å². The second-order valence-electron chi connectivity index (χ2n) is 3.27. The van der Waals surface area contributed by atoms with Gasteiger partial charge in [-0.1, -0.05) is 30.3 Å². The minimum atomic E-state index is -0.506. The Hall–Kier alpha value is -2.03. The predicted octanol–water partition coefficient (Wildman–Crippen LogP) is 2.32. The molecule has 0 aliphatic heterocycles. The van der Waals surface area contributed by atoms with E-state index < -0.39 is 5.63 Å². The molecule has 3 nitrogen and oxygen atoms in total. The van der Waals surface area contributed by atoms with Crippen LogP contribution in [0.3, 0.4) is 0 Å². The molecule has 0 unspecified atom stereocenters. The molecule has 1 aromatic heterocycles. The molecule has 0 radical (unpaired) electrons. The monoisotopic (exact) mass is 202 g/mol. The van der Waals surface area contributed by atoms with E-state index >= 15 is 0 Å². The van der Waals surface area contributed by atoms with Gasteiger partial charge in [0.25, 0.3) is 0 Å². The van der Waals surface area contributed by atoms with E-state index in [1.54, 1.807) is 0 Å². The van der Waals surface area contributed by atoms with Crippen LogP contribution in [0.4, 0.5) is 0 Å². The number of benzene rings is 1. The van der Waals surface area contributed by atoms with Crippen LogP contribution in [0.1, 0.15) is 5.56 Å². The van der Waals surface area contributed by atoms with Gasteiger partial charge in [-0.05, 0) is 6.92 Å². The first-order valence-corrected chi connectivity index (χ1v) is 4.57. The first kappa shape index (κ1) is 9.52. The number of hydrogen-bond donors (Lipinski definition) is 1. The van der Waals surface area contributed by atoms with Crippen LogP contribution in [-0.2, 0) is 0 Å². The van der Waals surface area contributed by atoms with Crippen molar-refractivity contribution in [1.82, 2.24) is 0 Å². The van der Waals surface area contributed by atoms with Crippen molar-refractivity contribution in [3.63, 3.8) is 0 Å². The summed E-state index contributed by atoms with van der Waals surface area (Å²) in [5, 5.41) is 9.48. The maximum atomic E-state index is 11.3. The van der Waals surface area contributed by atoms with Crippen LogP contribution in [0.25, 0.3) is 11.3 Å². The Morgan fingerprint density at radius 3 is 2.47 bits per heavy atom. The summed E-state index contributed by atoms with van der Waals surface area (Å²) in [6.07, 6.45) is 0. The Morgan fingerprint density at radius 2 is 1.87 bits per heavy atom. The number of rotatable bonds is 1. The third-order valence-electron chi connectivity index (χ3n) is 2.22. The normalized spacial score (nSPS) is 10.2. The summed E-state index contributed by atoms with van der Waals surface area (Å²) in [7, 11) is 0. The van der Waals surface area contributed by atoms with Crippen LogP contribution < -0.4 is 5.63 Å². The fourth-order valence-corrected chi connectivity index (χ4v) is 1.29. The molecule has 15 heavy (non-hydrogen) atoms. The average molecular weight is 202 g/mol. The fraction of sp³-hybridized carbons (Fsp3) is 0.0833. The molecule has 0 saturated carbocycles. The second kappa shape index (κ2) is 3.61. The van der Waals surface area contributed by atoms with Crippen molar-refractivity contribution in [2.75, 3.05) is 0 Å². The van der Waals surface area contributed by atoms with Crippen molar-refractivity contribution < 1.29 is 9.52 Å². The zero-order chi connectivity index (χ0) is 10.8. The standard InChI is InChI=1S/C12H10O3/c1-8-10(13)7-11(15-12(8)14)9-5-3-2-4-6-9/h2-7,13H,1H3. The molecule has 2 rings (SSSR count).